The van der Waals surface area contributed by atoms with Crippen LogP contribution in [-0.2, 0) is 37.5 Å². The summed E-state index contributed by atoms with van der Waals surface area (Å²) < 4.78 is 0. The summed E-state index contributed by atoms with van der Waals surface area (Å²) in [7, 11) is 0. The third kappa shape index (κ3) is 6.34. The zero-order valence-electron chi connectivity index (χ0n) is 4.89. The molecule has 0 unspecified atom stereocenters. The number of carbonyl (C=O) groups is 1. The van der Waals surface area contributed by atoms with E-state index in [9.17, 15) is 9.90 Å². The van der Waals surface area contributed by atoms with Crippen LogP contribution < -0.4 is 21.9 Å². The molecule has 0 saturated carbocycles. The van der Waals surface area contributed by atoms with Crippen LogP contribution in [0.5, 0.6) is 0 Å². The van der Waals surface area contributed by atoms with Crippen LogP contribution in [0, 0.1) is 6.92 Å². The number of nitrogens with one attached hydrogen (secondary N) is 2. The Labute approximate surface area is 78.2 Å². The number of carboxylic acid groups (broad SMARTS) is 1. The molecule has 0 heterocycles. The van der Waals surface area contributed by atoms with E-state index < -0.39 is 12.0 Å². The van der Waals surface area contributed by atoms with Crippen molar-refractivity contribution in [1.29, 1.82) is 0 Å². The Morgan fingerprint density at radius 1 is 1.78 bits per heavy atom. The van der Waals surface area contributed by atoms with Gasteiger partial charge in [-0.25, -0.2) is 5.43 Å². The van der Waals surface area contributed by atoms with Gasteiger partial charge in [0.25, 0.3) is 0 Å². The molecule has 0 aromatic rings. The van der Waals surface area contributed by atoms with Gasteiger partial charge in [0.1, 0.15) is 0 Å². The summed E-state index contributed by atoms with van der Waals surface area (Å²) >= 11 is 0. The van der Waals surface area contributed by atoms with Crippen LogP contribution in [0.4, 0.5) is 0 Å². The third-order valence-corrected chi connectivity index (χ3v) is 0.561. The van der Waals surface area contributed by atoms with E-state index in [4.69, 9.17) is 0 Å². The largest absolute Gasteiger partial charge is 0.551 e. The van der Waals surface area contributed by atoms with Crippen molar-refractivity contribution in [1.82, 2.24) is 11.0 Å². The van der Waals surface area contributed by atoms with Crippen molar-refractivity contribution < 1.29 is 48.5 Å². The molecule has 51 valence electrons. The topological polar surface area (TPSA) is 91.8 Å². The molecule has 0 aromatic carbocycles. The fourth-order valence-corrected chi connectivity index (χ4v) is 0.182. The number of hydrogen-bond donors (Lipinski definition) is 3. The van der Waals surface area contributed by atoms with Gasteiger partial charge in [0, 0.05) is 38.7 Å². The fraction of sp³-hybridized carbons (Fsp3) is 0.333. The van der Waals surface area contributed by atoms with Crippen LogP contribution in [0.3, 0.4) is 0 Å². The predicted molar refractivity (Wildman–Crippen MR) is 23.3 cm³/mol. The molecule has 5 nitrogen and oxygen atoms in total. The van der Waals surface area contributed by atoms with E-state index in [0.29, 0.717) is 0 Å². The first-order chi connectivity index (χ1) is 3.68. The third-order valence-electron chi connectivity index (χ3n) is 0.561. The van der Waals surface area contributed by atoms with Crippen LogP contribution >= 0.6 is 0 Å². The Balaban J connectivity index is 0. The summed E-state index contributed by atoms with van der Waals surface area (Å²) in [5.41, 5.74) is 4.38. The van der Waals surface area contributed by atoms with Crippen molar-refractivity contribution in [2.75, 3.05) is 0 Å². The van der Waals surface area contributed by atoms with Gasteiger partial charge in [0.05, 0.1) is 0 Å². The minimum absolute atomic E-state index is 0. The average Bonchev–Trinajstić information content (AvgIpc) is 1.67. The minimum Gasteiger partial charge on any atom is -0.551 e. The summed E-state index contributed by atoms with van der Waals surface area (Å²) in [6.07, 6.45) is 0. The molecular formula is C3H8N3O2Y-. The van der Waals surface area contributed by atoms with E-state index in [1.165, 1.54) is 0 Å². The van der Waals surface area contributed by atoms with E-state index >= 15 is 0 Å². The molecule has 1 radical (unpaired) electrons. The van der Waals surface area contributed by atoms with Gasteiger partial charge in [0.2, 0.25) is 0 Å². The molecule has 6 heteroatoms. The van der Waals surface area contributed by atoms with Crippen LogP contribution in [0.15, 0.2) is 0 Å². The van der Waals surface area contributed by atoms with Crippen molar-refractivity contribution in [3.05, 3.63) is 6.92 Å². The Bertz CT molecular complexity index is 89.1. The van der Waals surface area contributed by atoms with Gasteiger partial charge >= 0.3 is 0 Å². The van der Waals surface area contributed by atoms with Gasteiger partial charge in [-0.3, -0.25) is 5.84 Å². The second-order valence-electron chi connectivity index (χ2n) is 1.19. The molecule has 0 aliphatic carbocycles. The van der Waals surface area contributed by atoms with Crippen LogP contribution in [0.2, 0.25) is 0 Å². The van der Waals surface area contributed by atoms with Crippen LogP contribution in [0.25, 0.3) is 0 Å². The van der Waals surface area contributed by atoms with Gasteiger partial charge < -0.3 is 16.8 Å². The SMILES string of the molecule is [CH2-][C@H](NN[NH3+])C(=O)[O-].[Y]. The molecular weight excluding hydrogens is 199 g/mol. The minimum atomic E-state index is -1.26. The second-order valence-corrected chi connectivity index (χ2v) is 1.19. The van der Waals surface area contributed by atoms with E-state index in [2.05, 4.69) is 23.7 Å². The average molecular weight is 207 g/mol. The molecule has 0 spiro atoms. The molecule has 0 aliphatic heterocycles. The van der Waals surface area contributed by atoms with Gasteiger partial charge in [-0.15, -0.1) is 5.53 Å². The number of carboxylic acids is 1. The molecule has 0 fully saturated rings. The maximum Gasteiger partial charge on any atom is 0.0293 e. The Hall–Kier alpha value is 0.454. The standard InChI is InChI=1S/C3H8N3O2.Y/c1-2(3(7)8)5-6-4;/h2,5-6H,1,4H2,(H,7,8);/q-1;/t2-;/m0./s1. The summed E-state index contributed by atoms with van der Waals surface area (Å²) in [6, 6.07) is -0.951. The van der Waals surface area contributed by atoms with Crippen LogP contribution in [0.1, 0.15) is 0 Å². The van der Waals surface area contributed by atoms with Gasteiger partial charge in [-0.1, -0.05) is 6.04 Å². The Kier molecular flexibility index (Phi) is 8.88. The molecule has 0 bridgehead atoms. The maximum absolute atomic E-state index is 9.79. The smallest absolute Gasteiger partial charge is 0.0293 e. The predicted octanol–water partition coefficient (Wildman–Crippen LogP) is -3.81. The first-order valence-electron chi connectivity index (χ1n) is 2.00. The monoisotopic (exact) mass is 207 g/mol. The van der Waals surface area contributed by atoms with Crippen molar-refractivity contribution >= 4 is 5.97 Å². The van der Waals surface area contributed by atoms with Gasteiger partial charge in [0.15, 0.2) is 0 Å². The molecule has 0 rings (SSSR count). The van der Waals surface area contributed by atoms with E-state index in [1.807, 2.05) is 0 Å². The van der Waals surface area contributed by atoms with Crippen molar-refractivity contribution in [2.45, 2.75) is 6.04 Å². The normalized spacial score (nSPS) is 11.8. The number of carbonyl (C=O) groups excluding carboxylic acids is 1. The van der Waals surface area contributed by atoms with Crippen LogP contribution in [-0.4, -0.2) is 12.0 Å². The quantitative estimate of drug-likeness (QED) is 0.326. The number of rotatable bonds is 3. The molecule has 0 aliphatic rings. The van der Waals surface area contributed by atoms with Crippen molar-refractivity contribution in [3.63, 3.8) is 0 Å². The maximum atomic E-state index is 9.79. The summed E-state index contributed by atoms with van der Waals surface area (Å²) in [4.78, 5) is 9.79. The van der Waals surface area contributed by atoms with E-state index in [0.717, 1.165) is 0 Å². The number of quaternary nitrogens is 1. The van der Waals surface area contributed by atoms with Gasteiger partial charge in [-0.05, 0) is 0 Å². The number of aliphatic carboxylic acids is 1. The zero-order valence-corrected chi connectivity index (χ0v) is 7.72. The first kappa shape index (κ1) is 12.2. The number of hydrogen-bond acceptors (Lipinski definition) is 4. The second kappa shape index (κ2) is 6.57. The molecule has 0 aromatic heterocycles. The molecule has 1 atom stereocenters. The Morgan fingerprint density at radius 3 is 2.33 bits per heavy atom. The summed E-state index contributed by atoms with van der Waals surface area (Å²) in [5, 5.41) is 9.79. The summed E-state index contributed by atoms with van der Waals surface area (Å²) in [6.45, 7) is 3.15. The molecule has 5 N–H and O–H groups in total. The molecule has 0 saturated heterocycles. The van der Waals surface area contributed by atoms with Crippen molar-refractivity contribution in [2.24, 2.45) is 0 Å². The Morgan fingerprint density at radius 2 is 2.22 bits per heavy atom. The van der Waals surface area contributed by atoms with Crippen molar-refractivity contribution in [3.8, 4) is 0 Å². The number of hydrazine groups is 1. The fourth-order valence-electron chi connectivity index (χ4n) is 0.182. The summed E-state index contributed by atoms with van der Waals surface area (Å²) in [5.74, 6) is 1.85. The first-order valence-corrected chi connectivity index (χ1v) is 2.00. The van der Waals surface area contributed by atoms with E-state index in [1.54, 1.807) is 0 Å². The molecule has 0 amide bonds. The zero-order chi connectivity index (χ0) is 6.57. The van der Waals surface area contributed by atoms with Gasteiger partial charge in [-0.2, -0.15) is 0 Å². The molecule has 9 heavy (non-hydrogen) atoms. The van der Waals surface area contributed by atoms with E-state index in [-0.39, 0.29) is 32.7 Å².